The number of hydrogen-bond donors (Lipinski definition) is 6. The fourth-order valence-electron chi connectivity index (χ4n) is 4.56. The average molecular weight is 679 g/mol. The second-order valence-electron chi connectivity index (χ2n) is 11.5. The minimum atomic E-state index is -4.05. The molecule has 0 aromatic heterocycles. The van der Waals surface area contributed by atoms with Gasteiger partial charge in [0, 0.05) is 39.5 Å². The van der Waals surface area contributed by atoms with Crippen LogP contribution < -0.4 is 5.32 Å². The first kappa shape index (κ1) is 43.7. The lowest BCUT2D eigenvalue weighted by Gasteiger charge is -2.27. The molecule has 0 rings (SSSR count). The van der Waals surface area contributed by atoms with E-state index in [1.807, 2.05) is 4.90 Å². The van der Waals surface area contributed by atoms with Crippen LogP contribution in [-0.4, -0.2) is 144 Å². The van der Waals surface area contributed by atoms with Gasteiger partial charge in [-0.25, -0.2) is 4.21 Å². The van der Waals surface area contributed by atoms with Crippen molar-refractivity contribution in [2.45, 2.75) is 96.4 Å². The van der Waals surface area contributed by atoms with E-state index in [9.17, 15) is 27.9 Å². The highest BCUT2D eigenvalue weighted by atomic mass is 32.2. The number of ether oxygens (including phenoxy) is 3. The minimum Gasteiger partial charge on any atom is -0.389 e. The van der Waals surface area contributed by atoms with Crippen LogP contribution in [-0.2, 0) is 35.4 Å². The Balaban J connectivity index is 4.30. The standard InChI is InChI=1S/C29H62N2O11S2/c1-3-5-12-26(4-2)22-42-23-27(32)19-30-13-8-6-7-9-14-31(20-28(33)24-40-15-10-17-43(35)36)21-29(34)25-41-16-11-18-44(37,38)39/h26-30,32-34H,3-25H2,1-2H3,(H,35,36)(H,37,38,39). The summed E-state index contributed by atoms with van der Waals surface area (Å²) in [6, 6.07) is 0. The minimum absolute atomic E-state index is 0.00647. The molecule has 44 heavy (non-hydrogen) atoms. The fourth-order valence-corrected chi connectivity index (χ4v) is 5.41. The van der Waals surface area contributed by atoms with Crippen molar-refractivity contribution in [1.29, 1.82) is 0 Å². The van der Waals surface area contributed by atoms with Crippen LogP contribution >= 0.6 is 0 Å². The van der Waals surface area contributed by atoms with E-state index in [2.05, 4.69) is 19.2 Å². The lowest BCUT2D eigenvalue weighted by Crippen LogP contribution is -2.41. The van der Waals surface area contributed by atoms with Crippen molar-refractivity contribution in [3.63, 3.8) is 0 Å². The van der Waals surface area contributed by atoms with Crippen LogP contribution in [0.25, 0.3) is 0 Å². The first-order chi connectivity index (χ1) is 21.0. The van der Waals surface area contributed by atoms with Crippen molar-refractivity contribution in [3.05, 3.63) is 0 Å². The number of hydrogen-bond acceptors (Lipinski definition) is 11. The van der Waals surface area contributed by atoms with Crippen LogP contribution in [0.5, 0.6) is 0 Å². The zero-order valence-corrected chi connectivity index (χ0v) is 28.7. The normalized spacial score (nSPS) is 15.8. The highest BCUT2D eigenvalue weighted by Gasteiger charge is 2.17. The van der Waals surface area contributed by atoms with Crippen molar-refractivity contribution in [2.75, 3.05) is 83.9 Å². The number of aliphatic hydroxyl groups excluding tert-OH is 3. The van der Waals surface area contributed by atoms with Gasteiger partial charge in [-0.15, -0.1) is 0 Å². The molecule has 15 heteroatoms. The first-order valence-corrected chi connectivity index (χ1v) is 19.1. The number of rotatable bonds is 33. The number of unbranched alkanes of at least 4 members (excludes halogenated alkanes) is 4. The zero-order valence-electron chi connectivity index (χ0n) is 27.0. The van der Waals surface area contributed by atoms with Gasteiger partial charge in [-0.2, -0.15) is 8.42 Å². The third-order valence-electron chi connectivity index (χ3n) is 7.02. The molecular formula is C29H62N2O11S2. The Morgan fingerprint density at radius 1 is 0.795 bits per heavy atom. The smallest absolute Gasteiger partial charge is 0.264 e. The van der Waals surface area contributed by atoms with E-state index in [4.69, 9.17) is 23.3 Å². The zero-order chi connectivity index (χ0) is 33.1. The topological polar surface area (TPSA) is 195 Å². The highest BCUT2D eigenvalue weighted by molar-refractivity contribution is 7.85. The summed E-state index contributed by atoms with van der Waals surface area (Å²) in [6.45, 7) is 8.26. The van der Waals surface area contributed by atoms with E-state index < -0.39 is 45.3 Å². The summed E-state index contributed by atoms with van der Waals surface area (Å²) in [5, 5.41) is 34.3. The maximum absolute atomic E-state index is 10.8. The van der Waals surface area contributed by atoms with E-state index in [1.165, 1.54) is 19.3 Å². The number of nitrogens with one attached hydrogen (secondary N) is 1. The molecule has 0 aliphatic heterocycles. The average Bonchev–Trinajstić information content (AvgIpc) is 2.94. The Bertz CT molecular complexity index is 780. The van der Waals surface area contributed by atoms with Crippen LogP contribution in [0.3, 0.4) is 0 Å². The van der Waals surface area contributed by atoms with Crippen molar-refractivity contribution in [3.8, 4) is 0 Å². The van der Waals surface area contributed by atoms with E-state index in [0.717, 1.165) is 38.6 Å². The Labute approximate surface area is 268 Å². The monoisotopic (exact) mass is 678 g/mol. The molecule has 5 unspecified atom stereocenters. The van der Waals surface area contributed by atoms with Gasteiger partial charge in [-0.3, -0.25) is 9.45 Å². The molecule has 0 saturated carbocycles. The summed E-state index contributed by atoms with van der Waals surface area (Å²) in [7, 11) is -4.05. The van der Waals surface area contributed by atoms with Crippen LogP contribution in [0.4, 0.5) is 0 Å². The quantitative estimate of drug-likeness (QED) is 0.0334. The molecule has 0 aliphatic rings. The molecular weight excluding hydrogens is 616 g/mol. The van der Waals surface area contributed by atoms with Gasteiger partial charge in [-0.05, 0) is 51.1 Å². The summed E-state index contributed by atoms with van der Waals surface area (Å²) in [5.41, 5.74) is 0. The van der Waals surface area contributed by atoms with Crippen LogP contribution in [0.2, 0.25) is 0 Å². The molecule has 6 N–H and O–H groups in total. The van der Waals surface area contributed by atoms with E-state index in [1.54, 1.807) is 0 Å². The molecule has 0 heterocycles. The molecule has 0 aliphatic carbocycles. The summed E-state index contributed by atoms with van der Waals surface area (Å²) in [5.74, 6) is 0.266. The molecule has 0 aromatic rings. The molecule has 13 nitrogen and oxygen atoms in total. The van der Waals surface area contributed by atoms with Gasteiger partial charge in [0.2, 0.25) is 0 Å². The lowest BCUT2D eigenvalue weighted by atomic mass is 10.0. The summed E-state index contributed by atoms with van der Waals surface area (Å²) in [4.78, 5) is 1.93. The van der Waals surface area contributed by atoms with Crippen molar-refractivity contribution in [1.82, 2.24) is 10.2 Å². The number of nitrogens with zero attached hydrogens (tertiary/aromatic N) is 1. The van der Waals surface area contributed by atoms with E-state index in [0.29, 0.717) is 38.6 Å². The third kappa shape index (κ3) is 30.4. The van der Waals surface area contributed by atoms with Crippen molar-refractivity contribution >= 4 is 21.2 Å². The highest BCUT2D eigenvalue weighted by Crippen LogP contribution is 2.13. The molecule has 0 fully saturated rings. The lowest BCUT2D eigenvalue weighted by molar-refractivity contribution is -0.0101. The van der Waals surface area contributed by atoms with Crippen molar-refractivity contribution < 1.29 is 51.3 Å². The van der Waals surface area contributed by atoms with Gasteiger partial charge in [-0.1, -0.05) is 46.0 Å². The predicted octanol–water partition coefficient (Wildman–Crippen LogP) is 1.68. The van der Waals surface area contributed by atoms with Gasteiger partial charge in [0.1, 0.15) is 0 Å². The third-order valence-corrected chi connectivity index (χ3v) is 8.46. The van der Waals surface area contributed by atoms with Gasteiger partial charge in [0.05, 0.1) is 49.6 Å². The summed E-state index contributed by atoms with van der Waals surface area (Å²) >= 11 is -1.87. The first-order valence-electron chi connectivity index (χ1n) is 16.2. The Kier molecular flexibility index (Phi) is 28.7. The van der Waals surface area contributed by atoms with Gasteiger partial charge in [0.25, 0.3) is 10.1 Å². The molecule has 5 atom stereocenters. The molecule has 0 amide bonds. The molecule has 0 radical (unpaired) electrons. The second kappa shape index (κ2) is 28.9. The predicted molar refractivity (Wildman–Crippen MR) is 173 cm³/mol. The number of aliphatic hydroxyl groups is 3. The van der Waals surface area contributed by atoms with Gasteiger partial charge < -0.3 is 39.4 Å². The van der Waals surface area contributed by atoms with E-state index in [-0.39, 0.29) is 51.7 Å². The molecule has 0 saturated heterocycles. The van der Waals surface area contributed by atoms with Gasteiger partial charge in [0.15, 0.2) is 11.1 Å². The summed E-state index contributed by atoms with van der Waals surface area (Å²) < 4.78 is 66.4. The largest absolute Gasteiger partial charge is 0.389 e. The molecule has 0 aromatic carbocycles. The SMILES string of the molecule is CCCCC(CC)COCC(O)CNCCCCCCN(CC(O)COCCCS(=O)O)CC(O)COCCCS(=O)(=O)O. The maximum atomic E-state index is 10.8. The molecule has 0 spiro atoms. The van der Waals surface area contributed by atoms with E-state index >= 15 is 0 Å². The Morgan fingerprint density at radius 2 is 1.41 bits per heavy atom. The molecule has 266 valence electrons. The maximum Gasteiger partial charge on any atom is 0.264 e. The Hall–Kier alpha value is -0.300. The van der Waals surface area contributed by atoms with Crippen LogP contribution in [0.1, 0.15) is 78.1 Å². The van der Waals surface area contributed by atoms with Crippen molar-refractivity contribution in [2.24, 2.45) is 5.92 Å². The molecule has 0 bridgehead atoms. The summed E-state index contributed by atoms with van der Waals surface area (Å²) in [6.07, 6.45) is 6.75. The fraction of sp³-hybridized carbons (Fsp3) is 1.00. The van der Waals surface area contributed by atoms with Crippen LogP contribution in [0.15, 0.2) is 0 Å². The second-order valence-corrected chi connectivity index (χ2v) is 14.1. The Morgan fingerprint density at radius 3 is 2.00 bits per heavy atom. The van der Waals surface area contributed by atoms with Crippen LogP contribution in [0, 0.1) is 5.92 Å². The van der Waals surface area contributed by atoms with Gasteiger partial charge >= 0.3 is 0 Å².